The van der Waals surface area contributed by atoms with E-state index in [4.69, 9.17) is 0 Å². The van der Waals surface area contributed by atoms with Gasteiger partial charge in [0, 0.05) is 31.3 Å². The fourth-order valence-corrected chi connectivity index (χ4v) is 3.54. The third-order valence-corrected chi connectivity index (χ3v) is 5.12. The average Bonchev–Trinajstić information content (AvgIpc) is 2.70. The predicted octanol–water partition coefficient (Wildman–Crippen LogP) is 1.63. The van der Waals surface area contributed by atoms with Crippen molar-refractivity contribution in [3.05, 3.63) is 52.3 Å². The summed E-state index contributed by atoms with van der Waals surface area (Å²) in [6, 6.07) is 10.1. The molecule has 0 radical (unpaired) electrons. The summed E-state index contributed by atoms with van der Waals surface area (Å²) in [6.45, 7) is 0. The molecular formula is C20H24N4O3. The highest BCUT2D eigenvalue weighted by atomic mass is 16.2. The number of carbonyl (C=O) groups is 2. The molecule has 1 heterocycles. The summed E-state index contributed by atoms with van der Waals surface area (Å²) in [5, 5.41) is 9.85. The number of amides is 2. The van der Waals surface area contributed by atoms with Gasteiger partial charge in [0.15, 0.2) is 0 Å². The van der Waals surface area contributed by atoms with Crippen LogP contribution in [-0.4, -0.2) is 34.2 Å². The van der Waals surface area contributed by atoms with E-state index in [1.165, 1.54) is 10.7 Å². The molecule has 0 aliphatic heterocycles. The molecule has 0 bridgehead atoms. The molecule has 0 unspecified atom stereocenters. The topological polar surface area (TPSA) is 93.1 Å². The lowest BCUT2D eigenvalue weighted by molar-refractivity contribution is -0.128. The Morgan fingerprint density at radius 3 is 2.30 bits per heavy atom. The van der Waals surface area contributed by atoms with E-state index in [0.29, 0.717) is 24.1 Å². The van der Waals surface area contributed by atoms with Gasteiger partial charge in [-0.25, -0.2) is 4.68 Å². The average molecular weight is 368 g/mol. The molecule has 1 aromatic carbocycles. The number of hydrogen-bond donors (Lipinski definition) is 2. The first-order chi connectivity index (χ1) is 12.9. The molecule has 7 heteroatoms. The van der Waals surface area contributed by atoms with E-state index in [9.17, 15) is 14.4 Å². The number of rotatable bonds is 4. The lowest BCUT2D eigenvalue weighted by Crippen LogP contribution is -2.59. The quantitative estimate of drug-likeness (QED) is 0.858. The second-order valence-corrected chi connectivity index (χ2v) is 6.93. The van der Waals surface area contributed by atoms with Crippen LogP contribution < -0.4 is 16.2 Å². The Morgan fingerprint density at radius 1 is 1.04 bits per heavy atom. The predicted molar refractivity (Wildman–Crippen MR) is 102 cm³/mol. The van der Waals surface area contributed by atoms with Crippen LogP contribution in [0.25, 0.3) is 11.3 Å². The van der Waals surface area contributed by atoms with E-state index in [1.54, 1.807) is 44.4 Å². The van der Waals surface area contributed by atoms with Crippen molar-refractivity contribution in [1.29, 1.82) is 0 Å². The Hall–Kier alpha value is -2.96. The fraction of sp³-hybridized carbons (Fsp3) is 0.400. The van der Waals surface area contributed by atoms with E-state index in [-0.39, 0.29) is 17.4 Å². The SMILES string of the molecule is CNC(=O)C1(NC(=O)c2ccc(-c3ccc(=O)n(C)n3)cc2)CCCCC1. The minimum Gasteiger partial charge on any atom is -0.357 e. The van der Waals surface area contributed by atoms with Gasteiger partial charge in [-0.2, -0.15) is 5.10 Å². The zero-order chi connectivity index (χ0) is 19.4. The maximum atomic E-state index is 12.7. The molecule has 1 saturated carbocycles. The van der Waals surface area contributed by atoms with E-state index >= 15 is 0 Å². The van der Waals surface area contributed by atoms with Gasteiger partial charge in [-0.05, 0) is 31.0 Å². The van der Waals surface area contributed by atoms with Gasteiger partial charge in [0.25, 0.3) is 11.5 Å². The second kappa shape index (κ2) is 7.73. The van der Waals surface area contributed by atoms with Crippen molar-refractivity contribution in [2.45, 2.75) is 37.6 Å². The smallest absolute Gasteiger partial charge is 0.266 e. The van der Waals surface area contributed by atoms with Crippen LogP contribution in [0.2, 0.25) is 0 Å². The molecule has 2 amide bonds. The van der Waals surface area contributed by atoms with Crippen molar-refractivity contribution in [3.63, 3.8) is 0 Å². The first-order valence-electron chi connectivity index (χ1n) is 9.15. The summed E-state index contributed by atoms with van der Waals surface area (Å²) in [5.41, 5.74) is 0.931. The van der Waals surface area contributed by atoms with Crippen molar-refractivity contribution in [2.24, 2.45) is 7.05 Å². The molecule has 2 aromatic rings. The minimum absolute atomic E-state index is 0.137. The van der Waals surface area contributed by atoms with Gasteiger partial charge in [-0.3, -0.25) is 14.4 Å². The van der Waals surface area contributed by atoms with Gasteiger partial charge >= 0.3 is 0 Å². The Bertz CT molecular complexity index is 896. The van der Waals surface area contributed by atoms with Gasteiger partial charge in [-0.15, -0.1) is 0 Å². The molecule has 0 saturated heterocycles. The van der Waals surface area contributed by atoms with E-state index in [1.807, 2.05) is 0 Å². The molecule has 142 valence electrons. The van der Waals surface area contributed by atoms with Gasteiger partial charge in [-0.1, -0.05) is 31.4 Å². The third-order valence-electron chi connectivity index (χ3n) is 5.12. The molecule has 1 aliphatic rings. The summed E-state index contributed by atoms with van der Waals surface area (Å²) in [6.07, 6.45) is 4.23. The number of carbonyl (C=O) groups excluding carboxylic acids is 2. The highest BCUT2D eigenvalue weighted by molar-refractivity contribution is 5.99. The Kier molecular flexibility index (Phi) is 5.39. The minimum atomic E-state index is -0.831. The van der Waals surface area contributed by atoms with Gasteiger partial charge in [0.1, 0.15) is 5.54 Å². The molecule has 1 aliphatic carbocycles. The van der Waals surface area contributed by atoms with E-state index in [0.717, 1.165) is 24.8 Å². The summed E-state index contributed by atoms with van der Waals surface area (Å²) in [4.78, 5) is 36.6. The lowest BCUT2D eigenvalue weighted by Gasteiger charge is -2.36. The maximum absolute atomic E-state index is 12.7. The summed E-state index contributed by atoms with van der Waals surface area (Å²) in [7, 11) is 3.19. The fourth-order valence-electron chi connectivity index (χ4n) is 3.54. The number of nitrogens with zero attached hydrogens (tertiary/aromatic N) is 2. The summed E-state index contributed by atoms with van der Waals surface area (Å²) >= 11 is 0. The van der Waals surface area contributed by atoms with Gasteiger partial charge in [0.2, 0.25) is 5.91 Å². The van der Waals surface area contributed by atoms with Crippen LogP contribution in [0.3, 0.4) is 0 Å². The molecule has 0 atom stereocenters. The normalized spacial score (nSPS) is 15.8. The van der Waals surface area contributed by atoms with Crippen molar-refractivity contribution in [2.75, 3.05) is 7.05 Å². The number of likely N-dealkylation sites (N-methyl/N-ethyl adjacent to an activating group) is 1. The van der Waals surface area contributed by atoms with Crippen molar-refractivity contribution in [1.82, 2.24) is 20.4 Å². The molecule has 1 fully saturated rings. The number of nitrogens with one attached hydrogen (secondary N) is 2. The highest BCUT2D eigenvalue weighted by Crippen LogP contribution is 2.29. The molecule has 2 N–H and O–H groups in total. The van der Waals surface area contributed by atoms with Crippen LogP contribution in [0.1, 0.15) is 42.5 Å². The lowest BCUT2D eigenvalue weighted by atomic mass is 9.80. The largest absolute Gasteiger partial charge is 0.357 e. The molecule has 1 aromatic heterocycles. The molecule has 0 spiro atoms. The van der Waals surface area contributed by atoms with Crippen LogP contribution in [0.4, 0.5) is 0 Å². The molecule has 27 heavy (non-hydrogen) atoms. The van der Waals surface area contributed by atoms with Crippen LogP contribution >= 0.6 is 0 Å². The third kappa shape index (κ3) is 3.92. The van der Waals surface area contributed by atoms with Crippen molar-refractivity contribution >= 4 is 11.8 Å². The Morgan fingerprint density at radius 2 is 1.70 bits per heavy atom. The first kappa shape index (κ1) is 18.8. The molecule has 7 nitrogen and oxygen atoms in total. The molecular weight excluding hydrogens is 344 g/mol. The summed E-state index contributed by atoms with van der Waals surface area (Å²) in [5.74, 6) is -0.401. The van der Waals surface area contributed by atoms with Crippen LogP contribution in [-0.2, 0) is 11.8 Å². The van der Waals surface area contributed by atoms with Crippen LogP contribution in [0.15, 0.2) is 41.2 Å². The molecule has 3 rings (SSSR count). The Labute approximate surface area is 157 Å². The number of benzene rings is 1. The van der Waals surface area contributed by atoms with E-state index < -0.39 is 5.54 Å². The zero-order valence-corrected chi connectivity index (χ0v) is 15.6. The number of hydrogen-bond acceptors (Lipinski definition) is 4. The van der Waals surface area contributed by atoms with Crippen LogP contribution in [0.5, 0.6) is 0 Å². The highest BCUT2D eigenvalue weighted by Gasteiger charge is 2.40. The second-order valence-electron chi connectivity index (χ2n) is 6.93. The maximum Gasteiger partial charge on any atom is 0.266 e. The first-order valence-corrected chi connectivity index (χ1v) is 9.15. The van der Waals surface area contributed by atoms with E-state index in [2.05, 4.69) is 15.7 Å². The van der Waals surface area contributed by atoms with Crippen LogP contribution in [0, 0.1) is 0 Å². The zero-order valence-electron chi connectivity index (χ0n) is 15.6. The standard InChI is InChI=1S/C20H24N4O3/c1-21-19(27)20(12-4-3-5-13-20)22-18(26)15-8-6-14(7-9-15)16-10-11-17(25)24(2)23-16/h6-11H,3-5,12-13H2,1-2H3,(H,21,27)(H,22,26). The van der Waals surface area contributed by atoms with Crippen molar-refractivity contribution in [3.8, 4) is 11.3 Å². The number of aryl methyl sites for hydroxylation is 1. The monoisotopic (exact) mass is 368 g/mol. The van der Waals surface area contributed by atoms with Gasteiger partial charge < -0.3 is 10.6 Å². The van der Waals surface area contributed by atoms with Crippen molar-refractivity contribution < 1.29 is 9.59 Å². The Balaban J connectivity index is 1.79. The van der Waals surface area contributed by atoms with Gasteiger partial charge in [0.05, 0.1) is 5.69 Å². The summed E-state index contributed by atoms with van der Waals surface area (Å²) < 4.78 is 1.27. The number of aromatic nitrogens is 2.